The van der Waals surface area contributed by atoms with Crippen LogP contribution in [0.25, 0.3) is 0 Å². The first-order valence-electron chi connectivity index (χ1n) is 3.01. The molecule has 1 saturated carbocycles. The number of hydrogen-bond donors (Lipinski definition) is 1. The molecule has 0 aromatic rings. The van der Waals surface area contributed by atoms with E-state index < -0.39 is 5.97 Å². The highest BCUT2D eigenvalue weighted by atomic mass is 35.5. The van der Waals surface area contributed by atoms with Crippen LogP contribution in [0.3, 0.4) is 0 Å². The zero-order chi connectivity index (χ0) is 5.98. The van der Waals surface area contributed by atoms with Crippen molar-refractivity contribution in [2.75, 3.05) is 0 Å². The van der Waals surface area contributed by atoms with Gasteiger partial charge < -0.3 is 5.11 Å². The minimum atomic E-state index is -0.644. The van der Waals surface area contributed by atoms with Crippen LogP contribution in [-0.4, -0.2) is 11.1 Å². The number of aliphatic carboxylic acids is 1. The van der Waals surface area contributed by atoms with Gasteiger partial charge in [0.2, 0.25) is 0 Å². The second-order valence-corrected chi connectivity index (χ2v) is 2.39. The molecule has 0 spiro atoms. The highest BCUT2D eigenvalue weighted by molar-refractivity contribution is 5.85. The van der Waals surface area contributed by atoms with E-state index in [9.17, 15) is 4.79 Å². The lowest BCUT2D eigenvalue weighted by Crippen LogP contribution is -2.14. The molecule has 0 amide bonds. The first kappa shape index (κ1) is 12.7. The average molecular weight is 187 g/mol. The summed E-state index contributed by atoms with van der Waals surface area (Å²) in [5.74, 6) is -0.137. The van der Waals surface area contributed by atoms with Gasteiger partial charge in [-0.1, -0.05) is 6.42 Å². The molecule has 0 aromatic heterocycles. The van der Waals surface area contributed by atoms with E-state index in [1.165, 1.54) is 6.42 Å². The molecule has 0 atom stereocenters. The Kier molecular flexibility index (Phi) is 7.38. The van der Waals surface area contributed by atoms with Crippen molar-refractivity contribution >= 4 is 30.8 Å². The minimum Gasteiger partial charge on any atom is -0.481 e. The quantitative estimate of drug-likeness (QED) is 0.718. The summed E-state index contributed by atoms with van der Waals surface area (Å²) in [6.07, 6.45) is 3.89. The average Bonchev–Trinajstić information content (AvgIpc) is 1.55. The molecule has 2 nitrogen and oxygen atoms in total. The third-order valence-electron chi connectivity index (χ3n) is 1.69. The van der Waals surface area contributed by atoms with E-state index >= 15 is 0 Å². The van der Waals surface area contributed by atoms with Gasteiger partial charge in [0, 0.05) is 6.42 Å². The number of hydrogen-bond acceptors (Lipinski definition) is 1. The number of carbonyl (C=O) groups is 1. The predicted molar refractivity (Wildman–Crippen MR) is 44.1 cm³/mol. The summed E-state index contributed by atoms with van der Waals surface area (Å²) < 4.78 is 0. The third-order valence-corrected chi connectivity index (χ3v) is 1.69. The van der Waals surface area contributed by atoms with Crippen LogP contribution in [0.15, 0.2) is 0 Å². The summed E-state index contributed by atoms with van der Waals surface area (Å²) in [6.45, 7) is 0. The number of carboxylic acid groups (broad SMARTS) is 1. The van der Waals surface area contributed by atoms with Crippen molar-refractivity contribution in [1.82, 2.24) is 0 Å². The Bertz CT molecular complexity index is 102. The van der Waals surface area contributed by atoms with Gasteiger partial charge in [-0.05, 0) is 18.8 Å². The molecule has 0 bridgehead atoms. The molecule has 1 aliphatic rings. The smallest absolute Gasteiger partial charge is 0.303 e. The molecule has 0 radical (unpaired) electrons. The van der Waals surface area contributed by atoms with Gasteiger partial charge in [0.25, 0.3) is 0 Å². The van der Waals surface area contributed by atoms with E-state index in [0.717, 1.165) is 12.8 Å². The highest BCUT2D eigenvalue weighted by Gasteiger charge is 2.19. The molecule has 0 heterocycles. The van der Waals surface area contributed by atoms with Crippen LogP contribution in [0.4, 0.5) is 0 Å². The second kappa shape index (κ2) is 5.81. The fraction of sp³-hybridized carbons (Fsp3) is 0.833. The van der Waals surface area contributed by atoms with Crippen LogP contribution in [-0.2, 0) is 4.79 Å². The summed E-state index contributed by atoms with van der Waals surface area (Å²) >= 11 is 0. The summed E-state index contributed by atoms with van der Waals surface area (Å²) in [4.78, 5) is 10.0. The Morgan fingerprint density at radius 1 is 1.40 bits per heavy atom. The Balaban J connectivity index is 0. The number of carboxylic acids is 1. The van der Waals surface area contributed by atoms with Gasteiger partial charge in [-0.2, -0.15) is 0 Å². The monoisotopic (exact) mass is 186 g/mol. The molecule has 0 unspecified atom stereocenters. The Hall–Kier alpha value is 0.0500. The van der Waals surface area contributed by atoms with Gasteiger partial charge in [0.1, 0.15) is 0 Å². The zero-order valence-electron chi connectivity index (χ0n) is 5.58. The van der Waals surface area contributed by atoms with Crippen LogP contribution in [0.1, 0.15) is 25.7 Å². The van der Waals surface area contributed by atoms with Crippen LogP contribution in [0, 0.1) is 5.92 Å². The lowest BCUT2D eigenvalue weighted by Gasteiger charge is -2.22. The molecular formula is C6H12Cl2O2. The van der Waals surface area contributed by atoms with Crippen LogP contribution in [0.2, 0.25) is 0 Å². The summed E-state index contributed by atoms with van der Waals surface area (Å²) in [5.41, 5.74) is 0. The largest absolute Gasteiger partial charge is 0.481 e. The van der Waals surface area contributed by atoms with Gasteiger partial charge in [-0.25, -0.2) is 0 Å². The molecule has 0 saturated heterocycles. The maximum Gasteiger partial charge on any atom is 0.303 e. The van der Waals surface area contributed by atoms with Gasteiger partial charge in [0.15, 0.2) is 0 Å². The fourth-order valence-electron chi connectivity index (χ4n) is 0.944. The summed E-state index contributed by atoms with van der Waals surface area (Å²) in [7, 11) is 0. The summed E-state index contributed by atoms with van der Waals surface area (Å²) in [6, 6.07) is 0. The number of halogens is 2. The Labute approximate surface area is 72.8 Å². The standard InChI is InChI=1S/C6H10O2.2ClH/c7-6(8)4-5-2-1-3-5;;/h5H,1-4H2,(H,7,8);2*1H. The molecule has 4 heteroatoms. The van der Waals surface area contributed by atoms with Gasteiger partial charge in [-0.3, -0.25) is 4.79 Å². The topological polar surface area (TPSA) is 37.3 Å². The maximum absolute atomic E-state index is 10.0. The SMILES string of the molecule is Cl.Cl.O=C(O)CC1CCC1. The first-order valence-corrected chi connectivity index (χ1v) is 3.01. The predicted octanol–water partition coefficient (Wildman–Crippen LogP) is 2.10. The maximum atomic E-state index is 10.0. The summed E-state index contributed by atoms with van der Waals surface area (Å²) in [5, 5.41) is 8.25. The van der Waals surface area contributed by atoms with Crippen molar-refractivity contribution in [1.29, 1.82) is 0 Å². The zero-order valence-corrected chi connectivity index (χ0v) is 7.21. The van der Waals surface area contributed by atoms with E-state index in [2.05, 4.69) is 0 Å². The minimum absolute atomic E-state index is 0. The van der Waals surface area contributed by atoms with Crippen molar-refractivity contribution < 1.29 is 9.90 Å². The molecule has 1 rings (SSSR count). The van der Waals surface area contributed by atoms with Crippen molar-refractivity contribution in [3.8, 4) is 0 Å². The van der Waals surface area contributed by atoms with Gasteiger partial charge >= 0.3 is 5.97 Å². The van der Waals surface area contributed by atoms with E-state index in [0.29, 0.717) is 12.3 Å². The van der Waals surface area contributed by atoms with E-state index in [4.69, 9.17) is 5.11 Å². The Morgan fingerprint density at radius 3 is 2.00 bits per heavy atom. The first-order chi connectivity index (χ1) is 3.79. The van der Waals surface area contributed by atoms with Gasteiger partial charge in [0.05, 0.1) is 0 Å². The van der Waals surface area contributed by atoms with Crippen molar-refractivity contribution in [2.45, 2.75) is 25.7 Å². The normalized spacial score (nSPS) is 16.0. The Morgan fingerprint density at radius 2 is 1.90 bits per heavy atom. The highest BCUT2D eigenvalue weighted by Crippen LogP contribution is 2.28. The molecule has 10 heavy (non-hydrogen) atoms. The van der Waals surface area contributed by atoms with Crippen LogP contribution >= 0.6 is 24.8 Å². The van der Waals surface area contributed by atoms with E-state index in [-0.39, 0.29) is 24.8 Å². The van der Waals surface area contributed by atoms with Crippen LogP contribution in [0.5, 0.6) is 0 Å². The second-order valence-electron chi connectivity index (χ2n) is 2.39. The third kappa shape index (κ3) is 3.96. The lowest BCUT2D eigenvalue weighted by atomic mass is 9.83. The lowest BCUT2D eigenvalue weighted by molar-refractivity contribution is -0.138. The van der Waals surface area contributed by atoms with Crippen molar-refractivity contribution in [2.24, 2.45) is 5.92 Å². The number of rotatable bonds is 2. The molecular weight excluding hydrogens is 175 g/mol. The molecule has 1 N–H and O–H groups in total. The van der Waals surface area contributed by atoms with Gasteiger partial charge in [-0.15, -0.1) is 24.8 Å². The van der Waals surface area contributed by atoms with E-state index in [1.807, 2.05) is 0 Å². The molecule has 1 fully saturated rings. The molecule has 0 aliphatic heterocycles. The van der Waals surface area contributed by atoms with E-state index in [1.54, 1.807) is 0 Å². The molecule has 1 aliphatic carbocycles. The molecule has 62 valence electrons. The van der Waals surface area contributed by atoms with Crippen molar-refractivity contribution in [3.63, 3.8) is 0 Å². The van der Waals surface area contributed by atoms with Crippen LogP contribution < -0.4 is 0 Å². The fourth-order valence-corrected chi connectivity index (χ4v) is 0.944. The molecule has 0 aromatic carbocycles. The van der Waals surface area contributed by atoms with Crippen molar-refractivity contribution in [3.05, 3.63) is 0 Å².